The molecule has 0 saturated heterocycles. The van der Waals surface area contributed by atoms with Gasteiger partial charge in [0.15, 0.2) is 0 Å². The van der Waals surface area contributed by atoms with E-state index in [1.165, 1.54) is 23.9 Å². The van der Waals surface area contributed by atoms with Crippen LogP contribution in [0.2, 0.25) is 0 Å². The molecule has 1 rings (SSSR count). The van der Waals surface area contributed by atoms with Crippen molar-refractivity contribution in [2.45, 2.75) is 50.7 Å². The van der Waals surface area contributed by atoms with E-state index >= 15 is 0 Å². The molecule has 0 spiro atoms. The number of hydrogen-bond donors (Lipinski definition) is 1. The predicted octanol–water partition coefficient (Wildman–Crippen LogP) is 5.01. The summed E-state index contributed by atoms with van der Waals surface area (Å²) in [7, 11) is 0. The van der Waals surface area contributed by atoms with Crippen LogP contribution in [0.15, 0.2) is 21.5 Å². The zero-order valence-electron chi connectivity index (χ0n) is 14.3. The lowest BCUT2D eigenvalue weighted by Crippen LogP contribution is -2.19. The normalized spacial score (nSPS) is 12.1. The van der Waals surface area contributed by atoms with Crippen LogP contribution in [0.4, 0.5) is 10.1 Å². The van der Waals surface area contributed by atoms with Crippen LogP contribution >= 0.6 is 27.7 Å². The molecule has 1 unspecified atom stereocenters. The largest absolute Gasteiger partial charge is 0.465 e. The number of amides is 1. The average Bonchev–Trinajstić information content (AvgIpc) is 2.51. The minimum Gasteiger partial charge on any atom is -0.465 e. The van der Waals surface area contributed by atoms with E-state index in [9.17, 15) is 14.0 Å². The van der Waals surface area contributed by atoms with Crippen molar-refractivity contribution >= 4 is 45.3 Å². The zero-order chi connectivity index (χ0) is 18.3. The van der Waals surface area contributed by atoms with Crippen LogP contribution < -0.4 is 5.32 Å². The number of rotatable bonds is 8. The minimum atomic E-state index is -0.529. The SMILES string of the molecule is CCCCOC(=O)C(C)Sc1cc(NC(=O)C(C)C)c(F)cc1Br. The van der Waals surface area contributed by atoms with Crippen LogP contribution in [0.1, 0.15) is 40.5 Å². The summed E-state index contributed by atoms with van der Waals surface area (Å²) >= 11 is 4.55. The first-order valence-corrected chi connectivity index (χ1v) is 9.56. The van der Waals surface area contributed by atoms with E-state index in [0.29, 0.717) is 16.0 Å². The number of unbranched alkanes of at least 4 members (excludes halogenated alkanes) is 1. The number of carbonyl (C=O) groups excluding carboxylic acids is 2. The lowest BCUT2D eigenvalue weighted by molar-refractivity contribution is -0.142. The highest BCUT2D eigenvalue weighted by atomic mass is 79.9. The van der Waals surface area contributed by atoms with Crippen LogP contribution in [-0.2, 0) is 14.3 Å². The summed E-state index contributed by atoms with van der Waals surface area (Å²) in [5.41, 5.74) is 0.103. The van der Waals surface area contributed by atoms with Crippen LogP contribution in [0.3, 0.4) is 0 Å². The summed E-state index contributed by atoms with van der Waals surface area (Å²) < 4.78 is 19.7. The predicted molar refractivity (Wildman–Crippen MR) is 98.8 cm³/mol. The molecule has 1 amide bonds. The molecule has 1 aromatic rings. The van der Waals surface area contributed by atoms with E-state index in [1.54, 1.807) is 20.8 Å². The van der Waals surface area contributed by atoms with Crippen molar-refractivity contribution in [3.63, 3.8) is 0 Å². The number of carbonyl (C=O) groups is 2. The van der Waals surface area contributed by atoms with Crippen molar-refractivity contribution in [2.24, 2.45) is 5.92 Å². The Bertz CT molecular complexity index is 595. The van der Waals surface area contributed by atoms with Gasteiger partial charge in [-0.25, -0.2) is 4.39 Å². The Kier molecular flexibility index (Phi) is 8.76. The Morgan fingerprint density at radius 1 is 1.33 bits per heavy atom. The minimum absolute atomic E-state index is 0.103. The molecule has 0 heterocycles. The Morgan fingerprint density at radius 3 is 2.58 bits per heavy atom. The second-order valence-electron chi connectivity index (χ2n) is 5.69. The molecule has 1 aromatic carbocycles. The van der Waals surface area contributed by atoms with Gasteiger partial charge in [-0.2, -0.15) is 0 Å². The Morgan fingerprint density at radius 2 is 2.00 bits per heavy atom. The molecule has 24 heavy (non-hydrogen) atoms. The molecule has 1 N–H and O–H groups in total. The van der Waals surface area contributed by atoms with Gasteiger partial charge in [0.05, 0.1) is 12.3 Å². The average molecular weight is 420 g/mol. The van der Waals surface area contributed by atoms with E-state index in [4.69, 9.17) is 4.74 Å². The van der Waals surface area contributed by atoms with E-state index in [0.717, 1.165) is 12.8 Å². The topological polar surface area (TPSA) is 55.4 Å². The fourth-order valence-electron chi connectivity index (χ4n) is 1.67. The van der Waals surface area contributed by atoms with Gasteiger partial charge < -0.3 is 10.1 Å². The number of esters is 1. The molecule has 7 heteroatoms. The fraction of sp³-hybridized carbons (Fsp3) is 0.529. The third-order valence-corrected chi connectivity index (χ3v) is 5.24. The van der Waals surface area contributed by atoms with Crippen molar-refractivity contribution in [1.82, 2.24) is 0 Å². The molecular weight excluding hydrogens is 397 g/mol. The van der Waals surface area contributed by atoms with Gasteiger partial charge in [0.25, 0.3) is 0 Å². The number of ether oxygens (including phenoxy) is 1. The smallest absolute Gasteiger partial charge is 0.319 e. The summed E-state index contributed by atoms with van der Waals surface area (Å²) in [5.74, 6) is -1.35. The highest BCUT2D eigenvalue weighted by Gasteiger charge is 2.19. The van der Waals surface area contributed by atoms with Crippen LogP contribution in [0, 0.1) is 11.7 Å². The summed E-state index contributed by atoms with van der Waals surface area (Å²) in [6, 6.07) is 2.81. The van der Waals surface area contributed by atoms with Gasteiger partial charge in [-0.05, 0) is 41.4 Å². The van der Waals surface area contributed by atoms with Crippen molar-refractivity contribution in [2.75, 3.05) is 11.9 Å². The molecule has 0 saturated carbocycles. The molecule has 0 aliphatic rings. The maximum Gasteiger partial charge on any atom is 0.319 e. The fourth-order valence-corrected chi connectivity index (χ4v) is 3.16. The lowest BCUT2D eigenvalue weighted by atomic mass is 10.2. The van der Waals surface area contributed by atoms with E-state index in [1.807, 2.05) is 6.92 Å². The first kappa shape index (κ1) is 21.0. The molecule has 0 bridgehead atoms. The maximum atomic E-state index is 14.0. The second kappa shape index (κ2) is 10.0. The number of nitrogens with one attached hydrogen (secondary N) is 1. The Balaban J connectivity index is 2.83. The van der Waals surface area contributed by atoms with Crippen molar-refractivity contribution in [3.05, 3.63) is 22.4 Å². The van der Waals surface area contributed by atoms with Gasteiger partial charge in [-0.3, -0.25) is 9.59 Å². The Labute approximate surface area is 155 Å². The third-order valence-electron chi connectivity index (χ3n) is 3.18. The molecule has 4 nitrogen and oxygen atoms in total. The first-order chi connectivity index (χ1) is 11.3. The van der Waals surface area contributed by atoms with Gasteiger partial charge >= 0.3 is 5.97 Å². The Hall–Kier alpha value is -1.08. The number of anilines is 1. The van der Waals surface area contributed by atoms with Crippen molar-refractivity contribution in [3.8, 4) is 0 Å². The lowest BCUT2D eigenvalue weighted by Gasteiger charge is -2.15. The van der Waals surface area contributed by atoms with E-state index in [2.05, 4.69) is 21.2 Å². The summed E-state index contributed by atoms with van der Waals surface area (Å²) in [4.78, 5) is 24.4. The monoisotopic (exact) mass is 419 g/mol. The summed E-state index contributed by atoms with van der Waals surface area (Å²) in [6.07, 6.45) is 1.78. The molecule has 0 radical (unpaired) electrons. The van der Waals surface area contributed by atoms with Crippen LogP contribution in [-0.4, -0.2) is 23.7 Å². The highest BCUT2D eigenvalue weighted by Crippen LogP contribution is 2.35. The number of hydrogen-bond acceptors (Lipinski definition) is 4. The maximum absolute atomic E-state index is 14.0. The van der Waals surface area contributed by atoms with Crippen molar-refractivity contribution < 1.29 is 18.7 Å². The molecular formula is C17H23BrFNO3S. The quantitative estimate of drug-likeness (QED) is 0.365. The summed E-state index contributed by atoms with van der Waals surface area (Å²) in [6.45, 7) is 7.63. The molecule has 134 valence electrons. The molecule has 0 fully saturated rings. The van der Waals surface area contributed by atoms with Gasteiger partial charge in [-0.1, -0.05) is 27.2 Å². The molecule has 0 aromatic heterocycles. The van der Waals surface area contributed by atoms with Crippen LogP contribution in [0.5, 0.6) is 0 Å². The van der Waals surface area contributed by atoms with Crippen molar-refractivity contribution in [1.29, 1.82) is 0 Å². The second-order valence-corrected chi connectivity index (χ2v) is 7.92. The number of halogens is 2. The van der Waals surface area contributed by atoms with Gasteiger partial charge in [0.2, 0.25) is 5.91 Å². The third kappa shape index (κ3) is 6.43. The number of benzene rings is 1. The standard InChI is InChI=1S/C17H23BrFNO3S/c1-5-6-7-23-17(22)11(4)24-15-9-14(13(19)8-12(15)18)20-16(21)10(2)3/h8-11H,5-7H2,1-4H3,(H,20,21). The van der Waals surface area contributed by atoms with Gasteiger partial charge in [-0.15, -0.1) is 11.8 Å². The molecule has 1 atom stereocenters. The number of thioether (sulfide) groups is 1. The molecule has 0 aliphatic heterocycles. The van der Waals surface area contributed by atoms with Crippen LogP contribution in [0.25, 0.3) is 0 Å². The van der Waals surface area contributed by atoms with E-state index in [-0.39, 0.29) is 23.5 Å². The highest BCUT2D eigenvalue weighted by molar-refractivity contribution is 9.10. The molecule has 0 aliphatic carbocycles. The van der Waals surface area contributed by atoms with Gasteiger partial charge in [0, 0.05) is 15.3 Å². The van der Waals surface area contributed by atoms with E-state index < -0.39 is 11.1 Å². The summed E-state index contributed by atoms with van der Waals surface area (Å²) in [5, 5.41) is 2.12. The van der Waals surface area contributed by atoms with Gasteiger partial charge in [0.1, 0.15) is 11.1 Å². The first-order valence-electron chi connectivity index (χ1n) is 7.89. The zero-order valence-corrected chi connectivity index (χ0v) is 16.7.